The molecule has 31 heavy (non-hydrogen) atoms. The highest BCUT2D eigenvalue weighted by molar-refractivity contribution is 6.40. The molecule has 2 unspecified atom stereocenters. The molecule has 1 aromatic carbocycles. The standard InChI is InChI=1S/C19H15Cl3N6O3/c20-10-7-24-17-14(13(10)19(30)31)28(18(26-17)9-4-2-1-3-5-9)12(6-11(23)29)27-8-25-15(21)16(27)22/h1-5,7-8,12,18H,6H2,(H2,23,29)(H,24,26)(H,30,31). The van der Waals surface area contributed by atoms with Gasteiger partial charge in [-0.2, -0.15) is 0 Å². The Kier molecular flexibility index (Phi) is 5.65. The molecule has 0 radical (unpaired) electrons. The number of imidazole rings is 1. The van der Waals surface area contributed by atoms with Crippen molar-refractivity contribution in [2.75, 3.05) is 10.2 Å². The number of hydrogen-bond donors (Lipinski definition) is 3. The van der Waals surface area contributed by atoms with E-state index in [1.165, 1.54) is 17.1 Å². The zero-order chi connectivity index (χ0) is 22.3. The first kappa shape index (κ1) is 21.2. The van der Waals surface area contributed by atoms with Gasteiger partial charge in [0.15, 0.2) is 11.0 Å². The number of halogens is 3. The number of primary amides is 1. The van der Waals surface area contributed by atoms with Crippen LogP contribution in [0.5, 0.6) is 0 Å². The smallest absolute Gasteiger partial charge is 0.339 e. The predicted molar refractivity (Wildman–Crippen MR) is 117 cm³/mol. The predicted octanol–water partition coefficient (Wildman–Crippen LogP) is 3.94. The second-order valence-corrected chi connectivity index (χ2v) is 7.86. The van der Waals surface area contributed by atoms with Gasteiger partial charge in [-0.05, 0) is 5.56 Å². The molecule has 0 saturated heterocycles. The van der Waals surface area contributed by atoms with Crippen LogP contribution in [0.1, 0.15) is 34.7 Å². The fourth-order valence-corrected chi connectivity index (χ4v) is 4.17. The first-order chi connectivity index (χ1) is 14.8. The molecule has 1 aliphatic rings. The number of carbonyl (C=O) groups excluding carboxylic acids is 1. The van der Waals surface area contributed by atoms with E-state index in [-0.39, 0.29) is 38.8 Å². The van der Waals surface area contributed by atoms with Crippen LogP contribution < -0.4 is 16.0 Å². The van der Waals surface area contributed by atoms with E-state index in [1.54, 1.807) is 4.90 Å². The van der Waals surface area contributed by atoms with Crippen molar-refractivity contribution in [2.24, 2.45) is 5.73 Å². The third-order valence-corrected chi connectivity index (χ3v) is 5.90. The van der Waals surface area contributed by atoms with Gasteiger partial charge in [-0.3, -0.25) is 9.36 Å². The molecular weight excluding hydrogens is 467 g/mol. The van der Waals surface area contributed by atoms with Gasteiger partial charge in [0.1, 0.15) is 23.0 Å². The zero-order valence-corrected chi connectivity index (χ0v) is 17.9. The molecule has 0 spiro atoms. The summed E-state index contributed by atoms with van der Waals surface area (Å²) < 4.78 is 1.45. The molecule has 0 saturated carbocycles. The summed E-state index contributed by atoms with van der Waals surface area (Å²) in [5, 5.41) is 13.1. The minimum Gasteiger partial charge on any atom is -0.478 e. The van der Waals surface area contributed by atoms with Crippen LogP contribution in [0.25, 0.3) is 0 Å². The number of aromatic nitrogens is 3. The molecule has 2 aromatic heterocycles. The molecule has 0 bridgehead atoms. The molecule has 160 valence electrons. The number of nitrogens with zero attached hydrogens (tertiary/aromatic N) is 4. The van der Waals surface area contributed by atoms with Crippen molar-refractivity contribution >= 4 is 58.2 Å². The number of rotatable bonds is 6. The molecule has 0 aliphatic carbocycles. The number of nitrogens with two attached hydrogens (primary N) is 1. The van der Waals surface area contributed by atoms with Gasteiger partial charge in [0.2, 0.25) is 5.91 Å². The third-order valence-electron chi connectivity index (χ3n) is 4.86. The van der Waals surface area contributed by atoms with Crippen molar-refractivity contribution in [1.29, 1.82) is 0 Å². The summed E-state index contributed by atoms with van der Waals surface area (Å²) in [6, 6.07) is 9.22. The fraction of sp³-hybridized carbons (Fsp3) is 0.158. The lowest BCUT2D eigenvalue weighted by Gasteiger charge is -2.36. The summed E-state index contributed by atoms with van der Waals surface area (Å²) in [5.74, 6) is -1.61. The number of anilines is 2. The Balaban J connectivity index is 1.98. The summed E-state index contributed by atoms with van der Waals surface area (Å²) in [5.41, 5.74) is 6.34. The van der Waals surface area contributed by atoms with Crippen molar-refractivity contribution in [3.05, 3.63) is 69.3 Å². The Morgan fingerprint density at radius 1 is 1.19 bits per heavy atom. The van der Waals surface area contributed by atoms with Gasteiger partial charge in [-0.1, -0.05) is 65.1 Å². The number of carbonyl (C=O) groups is 2. The minimum absolute atomic E-state index is 0.0301. The first-order valence-electron chi connectivity index (χ1n) is 8.97. The summed E-state index contributed by atoms with van der Waals surface area (Å²) in [6.45, 7) is 0. The fourth-order valence-electron chi connectivity index (χ4n) is 3.61. The van der Waals surface area contributed by atoms with E-state index in [0.29, 0.717) is 0 Å². The lowest BCUT2D eigenvalue weighted by Crippen LogP contribution is -2.38. The maximum atomic E-state index is 12.1. The van der Waals surface area contributed by atoms with Crippen molar-refractivity contribution < 1.29 is 14.7 Å². The van der Waals surface area contributed by atoms with E-state index in [2.05, 4.69) is 15.3 Å². The van der Waals surface area contributed by atoms with E-state index >= 15 is 0 Å². The van der Waals surface area contributed by atoms with Crippen LogP contribution in [0.4, 0.5) is 11.5 Å². The van der Waals surface area contributed by atoms with E-state index < -0.39 is 24.2 Å². The van der Waals surface area contributed by atoms with Crippen LogP contribution >= 0.6 is 34.8 Å². The molecule has 9 nitrogen and oxygen atoms in total. The summed E-state index contributed by atoms with van der Waals surface area (Å²) >= 11 is 18.6. The third kappa shape index (κ3) is 3.76. The number of amides is 1. The Morgan fingerprint density at radius 3 is 2.48 bits per heavy atom. The van der Waals surface area contributed by atoms with Crippen molar-refractivity contribution in [2.45, 2.75) is 18.8 Å². The summed E-state index contributed by atoms with van der Waals surface area (Å²) in [7, 11) is 0. The summed E-state index contributed by atoms with van der Waals surface area (Å²) in [4.78, 5) is 34.0. The van der Waals surface area contributed by atoms with Crippen molar-refractivity contribution in [3.8, 4) is 0 Å². The van der Waals surface area contributed by atoms with E-state index in [0.717, 1.165) is 5.56 Å². The normalized spacial score (nSPS) is 16.0. The molecule has 3 heterocycles. The molecule has 3 aromatic rings. The Labute approximate surface area is 191 Å². The number of carboxylic acid groups (broad SMARTS) is 1. The SMILES string of the molecule is NC(=O)CC(N1c2c(ncc(Cl)c2C(=O)O)NC1c1ccccc1)n1cnc(Cl)c1Cl. The molecule has 1 aliphatic heterocycles. The van der Waals surface area contributed by atoms with Gasteiger partial charge in [0, 0.05) is 6.20 Å². The van der Waals surface area contributed by atoms with Gasteiger partial charge in [0.25, 0.3) is 0 Å². The number of nitrogens with one attached hydrogen (secondary N) is 1. The minimum atomic E-state index is -1.25. The van der Waals surface area contributed by atoms with Gasteiger partial charge >= 0.3 is 5.97 Å². The van der Waals surface area contributed by atoms with Crippen LogP contribution in [-0.2, 0) is 4.79 Å². The lowest BCUT2D eigenvalue weighted by molar-refractivity contribution is -0.118. The molecule has 2 atom stereocenters. The number of fused-ring (bicyclic) bond motifs is 1. The Morgan fingerprint density at radius 2 is 1.90 bits per heavy atom. The second kappa shape index (κ2) is 8.26. The van der Waals surface area contributed by atoms with Gasteiger partial charge in [0.05, 0.1) is 23.5 Å². The molecule has 0 fully saturated rings. The van der Waals surface area contributed by atoms with E-state index in [4.69, 9.17) is 40.5 Å². The largest absolute Gasteiger partial charge is 0.478 e. The molecular formula is C19H15Cl3N6O3. The number of hydrogen-bond acceptors (Lipinski definition) is 6. The zero-order valence-electron chi connectivity index (χ0n) is 15.7. The van der Waals surface area contributed by atoms with E-state index in [9.17, 15) is 14.7 Å². The lowest BCUT2D eigenvalue weighted by atomic mass is 10.1. The number of pyridine rings is 1. The topological polar surface area (TPSA) is 126 Å². The van der Waals surface area contributed by atoms with Crippen LogP contribution in [0.2, 0.25) is 15.3 Å². The van der Waals surface area contributed by atoms with Gasteiger partial charge in [-0.15, -0.1) is 0 Å². The maximum absolute atomic E-state index is 12.1. The van der Waals surface area contributed by atoms with Crippen molar-refractivity contribution in [3.63, 3.8) is 0 Å². The van der Waals surface area contributed by atoms with Crippen LogP contribution in [0.15, 0.2) is 42.9 Å². The van der Waals surface area contributed by atoms with Gasteiger partial charge < -0.3 is 21.1 Å². The summed E-state index contributed by atoms with van der Waals surface area (Å²) in [6.07, 6.45) is 0.912. The van der Waals surface area contributed by atoms with Crippen LogP contribution in [0.3, 0.4) is 0 Å². The highest BCUT2D eigenvalue weighted by atomic mass is 35.5. The Hall–Kier alpha value is -3.01. The number of benzene rings is 1. The highest BCUT2D eigenvalue weighted by Gasteiger charge is 2.41. The molecule has 12 heteroatoms. The number of aromatic carboxylic acids is 1. The first-order valence-corrected chi connectivity index (χ1v) is 10.1. The molecule has 1 amide bonds. The maximum Gasteiger partial charge on any atom is 0.339 e. The monoisotopic (exact) mass is 480 g/mol. The second-order valence-electron chi connectivity index (χ2n) is 6.73. The van der Waals surface area contributed by atoms with Crippen LogP contribution in [-0.4, -0.2) is 31.5 Å². The highest BCUT2D eigenvalue weighted by Crippen LogP contribution is 2.48. The molecule has 4 rings (SSSR count). The average Bonchev–Trinajstić information content (AvgIpc) is 3.27. The Bertz CT molecular complexity index is 1170. The van der Waals surface area contributed by atoms with Crippen LogP contribution in [0, 0.1) is 0 Å². The van der Waals surface area contributed by atoms with Gasteiger partial charge in [-0.25, -0.2) is 14.8 Å². The average molecular weight is 482 g/mol. The number of carboxylic acids is 1. The molecule has 4 N–H and O–H groups in total. The van der Waals surface area contributed by atoms with E-state index in [1.807, 2.05) is 30.3 Å². The quantitative estimate of drug-likeness (QED) is 0.486. The van der Waals surface area contributed by atoms with Crippen molar-refractivity contribution in [1.82, 2.24) is 14.5 Å².